The number of aromatic nitrogens is 4. The lowest BCUT2D eigenvalue weighted by molar-refractivity contribution is 0.0779. The minimum atomic E-state index is -2.69. The molecule has 7 nitrogen and oxygen atoms in total. The molecule has 2 heterocycles. The van der Waals surface area contributed by atoms with E-state index >= 15 is 0 Å². The number of alkyl halides is 2. The van der Waals surface area contributed by atoms with E-state index in [1.54, 1.807) is 17.0 Å². The van der Waals surface area contributed by atoms with E-state index < -0.39 is 5.92 Å². The summed E-state index contributed by atoms with van der Waals surface area (Å²) in [5.74, 6) is -1.79. The van der Waals surface area contributed by atoms with Crippen LogP contribution >= 0.6 is 11.6 Å². The van der Waals surface area contributed by atoms with E-state index in [2.05, 4.69) is 50.8 Å². The summed E-state index contributed by atoms with van der Waals surface area (Å²) in [4.78, 5) is 8.64. The number of allylic oxidation sites excluding steroid dienone is 2. The van der Waals surface area contributed by atoms with Crippen LogP contribution in [0.3, 0.4) is 0 Å². The zero-order valence-corrected chi connectivity index (χ0v) is 18.5. The summed E-state index contributed by atoms with van der Waals surface area (Å²) in [6.45, 7) is 11.2. The standard InChI is InChI=1S/C18H18ClN7.C4H6F2/c1-4-12(2)22-13-6-5-7-14(8-13)24-18-20-10-16(19)17(25-18)23-15-9-21-26(3)11-15;1-3-4(2,5)6/h4-11,22H,1-2H2,3H3,(H2,20,23,24,25);3H,1H2,2H3. The summed E-state index contributed by atoms with van der Waals surface area (Å²) >= 11 is 6.18. The second-order valence-electron chi connectivity index (χ2n) is 6.64. The zero-order chi connectivity index (χ0) is 23.7. The Morgan fingerprint density at radius 3 is 2.44 bits per heavy atom. The molecule has 0 bridgehead atoms. The first-order valence-corrected chi connectivity index (χ1v) is 9.72. The van der Waals surface area contributed by atoms with Gasteiger partial charge in [0.05, 0.1) is 18.1 Å². The van der Waals surface area contributed by atoms with Crippen LogP contribution < -0.4 is 16.0 Å². The fourth-order valence-corrected chi connectivity index (χ4v) is 2.32. The number of halogens is 3. The van der Waals surface area contributed by atoms with Crippen LogP contribution in [-0.4, -0.2) is 25.7 Å². The van der Waals surface area contributed by atoms with Crippen molar-refractivity contribution in [2.24, 2.45) is 7.05 Å². The maximum absolute atomic E-state index is 11.3. The lowest BCUT2D eigenvalue weighted by Gasteiger charge is -2.11. The fourth-order valence-electron chi connectivity index (χ4n) is 2.18. The number of nitrogens with one attached hydrogen (secondary N) is 3. The van der Waals surface area contributed by atoms with Gasteiger partial charge in [-0.2, -0.15) is 10.1 Å². The van der Waals surface area contributed by atoms with E-state index in [9.17, 15) is 8.78 Å². The van der Waals surface area contributed by atoms with Gasteiger partial charge in [0.2, 0.25) is 5.95 Å². The molecule has 2 aromatic heterocycles. The van der Waals surface area contributed by atoms with Crippen LogP contribution in [0.2, 0.25) is 5.02 Å². The first kappa shape index (κ1) is 24.5. The molecule has 0 unspecified atom stereocenters. The van der Waals surface area contributed by atoms with Gasteiger partial charge >= 0.3 is 0 Å². The SMILES string of the molecule is C=CC(=C)Nc1cccc(Nc2ncc(Cl)c(Nc3cnn(C)c3)n2)c1.C=CC(C)(F)F. The smallest absolute Gasteiger partial charge is 0.263 e. The van der Waals surface area contributed by atoms with Gasteiger partial charge in [0.25, 0.3) is 5.92 Å². The van der Waals surface area contributed by atoms with Gasteiger partial charge < -0.3 is 16.0 Å². The van der Waals surface area contributed by atoms with Gasteiger partial charge in [-0.25, -0.2) is 13.8 Å². The molecule has 0 amide bonds. The van der Waals surface area contributed by atoms with Gasteiger partial charge in [0, 0.05) is 37.2 Å². The molecule has 0 aliphatic rings. The Balaban J connectivity index is 0.000000534. The first-order valence-electron chi connectivity index (χ1n) is 9.34. The highest BCUT2D eigenvalue weighted by Crippen LogP contribution is 2.25. The second kappa shape index (κ2) is 11.1. The molecule has 3 rings (SSSR count). The lowest BCUT2D eigenvalue weighted by Crippen LogP contribution is -2.02. The number of hydrogen-bond acceptors (Lipinski definition) is 6. The topological polar surface area (TPSA) is 79.7 Å². The van der Waals surface area contributed by atoms with E-state index in [4.69, 9.17) is 11.6 Å². The van der Waals surface area contributed by atoms with Gasteiger partial charge in [-0.15, -0.1) is 0 Å². The Morgan fingerprint density at radius 2 is 1.84 bits per heavy atom. The van der Waals surface area contributed by atoms with Crippen LogP contribution in [0.4, 0.5) is 37.6 Å². The van der Waals surface area contributed by atoms with Crippen LogP contribution in [0.1, 0.15) is 6.92 Å². The molecule has 10 heteroatoms. The number of hydrogen-bond donors (Lipinski definition) is 3. The first-order chi connectivity index (χ1) is 15.1. The van der Waals surface area contributed by atoms with E-state index in [0.717, 1.165) is 24.0 Å². The van der Waals surface area contributed by atoms with Crippen molar-refractivity contribution in [1.29, 1.82) is 0 Å². The predicted molar refractivity (Wildman–Crippen MR) is 127 cm³/mol. The van der Waals surface area contributed by atoms with Crippen LogP contribution in [-0.2, 0) is 7.05 Å². The molecule has 32 heavy (non-hydrogen) atoms. The number of benzene rings is 1. The monoisotopic (exact) mass is 459 g/mol. The Labute approximate surface area is 190 Å². The second-order valence-corrected chi connectivity index (χ2v) is 7.05. The molecular formula is C22H24ClF2N7. The zero-order valence-electron chi connectivity index (χ0n) is 17.7. The molecule has 3 aromatic rings. The molecule has 0 spiro atoms. The highest BCUT2D eigenvalue weighted by atomic mass is 35.5. The normalized spacial score (nSPS) is 10.4. The van der Waals surface area contributed by atoms with Crippen molar-refractivity contribution in [3.8, 4) is 0 Å². The Hall–Kier alpha value is -3.72. The molecule has 1 aromatic carbocycles. The molecule has 0 atom stereocenters. The molecule has 0 aliphatic carbocycles. The van der Waals surface area contributed by atoms with Crippen LogP contribution in [0.25, 0.3) is 0 Å². The molecule has 0 saturated carbocycles. The largest absolute Gasteiger partial charge is 0.356 e. The van der Waals surface area contributed by atoms with Crippen LogP contribution in [0, 0.1) is 0 Å². The molecule has 0 saturated heterocycles. The van der Waals surface area contributed by atoms with Crippen molar-refractivity contribution >= 4 is 40.4 Å². The van der Waals surface area contributed by atoms with E-state index in [-0.39, 0.29) is 0 Å². The summed E-state index contributed by atoms with van der Waals surface area (Å²) in [6.07, 6.45) is 7.31. The molecule has 168 valence electrons. The van der Waals surface area contributed by atoms with Crippen molar-refractivity contribution in [3.63, 3.8) is 0 Å². The summed E-state index contributed by atoms with van der Waals surface area (Å²) in [6, 6.07) is 7.67. The summed E-state index contributed by atoms with van der Waals surface area (Å²) in [5.41, 5.74) is 3.20. The molecule has 0 fully saturated rings. The molecule has 0 radical (unpaired) electrons. The summed E-state index contributed by atoms with van der Waals surface area (Å²) in [7, 11) is 1.84. The lowest BCUT2D eigenvalue weighted by atomic mass is 10.2. The van der Waals surface area contributed by atoms with Gasteiger partial charge in [0.1, 0.15) is 5.02 Å². The van der Waals surface area contributed by atoms with E-state index in [0.29, 0.717) is 28.6 Å². The van der Waals surface area contributed by atoms with Crippen LogP contribution in [0.15, 0.2) is 80.4 Å². The van der Waals surface area contributed by atoms with E-state index in [1.807, 2.05) is 37.5 Å². The Kier molecular flexibility index (Phi) is 8.48. The summed E-state index contributed by atoms with van der Waals surface area (Å²) < 4.78 is 24.4. The minimum Gasteiger partial charge on any atom is -0.356 e. The van der Waals surface area contributed by atoms with Crippen molar-refractivity contribution in [2.75, 3.05) is 16.0 Å². The highest BCUT2D eigenvalue weighted by Gasteiger charge is 2.12. The van der Waals surface area contributed by atoms with Crippen molar-refractivity contribution < 1.29 is 8.78 Å². The number of rotatable bonds is 8. The average Bonchev–Trinajstić information content (AvgIpc) is 3.15. The van der Waals surface area contributed by atoms with Gasteiger partial charge in [0.15, 0.2) is 5.82 Å². The third-order valence-corrected chi connectivity index (χ3v) is 4.02. The van der Waals surface area contributed by atoms with Gasteiger partial charge in [-0.1, -0.05) is 37.4 Å². The fraction of sp³-hybridized carbons (Fsp3) is 0.136. The average molecular weight is 460 g/mol. The molecular weight excluding hydrogens is 436 g/mol. The predicted octanol–water partition coefficient (Wildman–Crippen LogP) is 6.29. The van der Waals surface area contributed by atoms with Crippen molar-refractivity contribution in [3.05, 3.63) is 85.5 Å². The quantitative estimate of drug-likeness (QED) is 0.271. The Morgan fingerprint density at radius 1 is 1.16 bits per heavy atom. The Bertz CT molecular complexity index is 1090. The maximum atomic E-state index is 11.3. The van der Waals surface area contributed by atoms with Crippen molar-refractivity contribution in [1.82, 2.24) is 19.7 Å². The van der Waals surface area contributed by atoms with Crippen LogP contribution in [0.5, 0.6) is 0 Å². The molecule has 3 N–H and O–H groups in total. The van der Waals surface area contributed by atoms with Crippen molar-refractivity contribution in [2.45, 2.75) is 12.8 Å². The number of nitrogens with zero attached hydrogens (tertiary/aromatic N) is 4. The van der Waals surface area contributed by atoms with E-state index in [1.165, 1.54) is 6.20 Å². The third kappa shape index (κ3) is 8.19. The highest BCUT2D eigenvalue weighted by molar-refractivity contribution is 6.32. The number of aryl methyl sites for hydroxylation is 1. The van der Waals surface area contributed by atoms with Gasteiger partial charge in [-0.3, -0.25) is 4.68 Å². The number of anilines is 5. The van der Waals surface area contributed by atoms with Gasteiger partial charge in [-0.05, 0) is 30.4 Å². The third-order valence-electron chi connectivity index (χ3n) is 3.74. The summed E-state index contributed by atoms with van der Waals surface area (Å²) in [5, 5.41) is 13.9. The molecule has 0 aliphatic heterocycles. The minimum absolute atomic E-state index is 0.414. The maximum Gasteiger partial charge on any atom is 0.263 e.